The molecule has 1 spiro atoms. The number of hydrogen-bond donors (Lipinski definition) is 3. The maximum Gasteiger partial charge on any atom is 0.166 e. The molecule has 2 aliphatic rings. The second kappa shape index (κ2) is 6.83. The zero-order valence-corrected chi connectivity index (χ0v) is 17.3. The Labute approximate surface area is 182 Å². The van der Waals surface area contributed by atoms with E-state index in [4.69, 9.17) is 15.2 Å². The van der Waals surface area contributed by atoms with E-state index in [9.17, 15) is 10.2 Å². The van der Waals surface area contributed by atoms with Crippen molar-refractivity contribution in [2.75, 3.05) is 5.73 Å². The SMILES string of the molecule is Cc1ncnc2c1ncn2[C@@H]1OC2(CC(Oc3ccc4ccc(N)nc4c3)C2)[C@@H](O)[C@H]1O. The molecule has 6 rings (SSSR count). The Kier molecular flexibility index (Phi) is 4.13. The van der Waals surface area contributed by atoms with Gasteiger partial charge in [0.1, 0.15) is 47.3 Å². The van der Waals surface area contributed by atoms with Gasteiger partial charge in [0, 0.05) is 24.3 Å². The third kappa shape index (κ3) is 2.84. The Bertz CT molecular complexity index is 1330. The number of aromatic nitrogens is 5. The van der Waals surface area contributed by atoms with Crippen molar-refractivity contribution in [3.8, 4) is 5.75 Å². The predicted octanol–water partition coefficient (Wildman–Crippen LogP) is 1.50. The molecule has 10 nitrogen and oxygen atoms in total. The summed E-state index contributed by atoms with van der Waals surface area (Å²) in [6.07, 6.45) is 0.795. The summed E-state index contributed by atoms with van der Waals surface area (Å²) in [6, 6.07) is 9.33. The van der Waals surface area contributed by atoms with Crippen LogP contribution in [-0.4, -0.2) is 58.6 Å². The summed E-state index contributed by atoms with van der Waals surface area (Å²) in [5.41, 5.74) is 7.59. The summed E-state index contributed by atoms with van der Waals surface area (Å²) in [6.45, 7) is 1.84. The lowest BCUT2D eigenvalue weighted by molar-refractivity contribution is -0.182. The summed E-state index contributed by atoms with van der Waals surface area (Å²) in [4.78, 5) is 17.1. The molecule has 0 radical (unpaired) electrons. The molecule has 0 unspecified atom stereocenters. The molecule has 3 aromatic heterocycles. The fraction of sp³-hybridized carbons (Fsp3) is 0.364. The van der Waals surface area contributed by atoms with Gasteiger partial charge in [-0.2, -0.15) is 0 Å². The molecule has 4 aromatic rings. The van der Waals surface area contributed by atoms with Crippen molar-refractivity contribution >= 4 is 27.9 Å². The molecule has 4 N–H and O–H groups in total. The number of anilines is 1. The molecule has 1 saturated carbocycles. The van der Waals surface area contributed by atoms with Crippen LogP contribution in [0.2, 0.25) is 0 Å². The van der Waals surface area contributed by atoms with Crippen molar-refractivity contribution in [1.82, 2.24) is 24.5 Å². The number of nitrogens with zero attached hydrogens (tertiary/aromatic N) is 5. The van der Waals surface area contributed by atoms with Gasteiger partial charge in [-0.3, -0.25) is 4.57 Å². The summed E-state index contributed by atoms with van der Waals surface area (Å²) in [5.74, 6) is 1.13. The highest BCUT2D eigenvalue weighted by Crippen LogP contribution is 2.50. The molecule has 3 atom stereocenters. The quantitative estimate of drug-likeness (QED) is 0.437. The molecule has 4 heterocycles. The third-order valence-corrected chi connectivity index (χ3v) is 6.46. The average molecular weight is 434 g/mol. The first-order valence-corrected chi connectivity index (χ1v) is 10.4. The molecule has 1 saturated heterocycles. The normalized spacial score (nSPS) is 29.6. The minimum Gasteiger partial charge on any atom is -0.490 e. The molecule has 10 heteroatoms. The number of rotatable bonds is 3. The second-order valence-electron chi connectivity index (χ2n) is 8.53. The highest BCUT2D eigenvalue weighted by Gasteiger charge is 2.62. The second-order valence-corrected chi connectivity index (χ2v) is 8.53. The van der Waals surface area contributed by atoms with E-state index < -0.39 is 24.0 Å². The van der Waals surface area contributed by atoms with Crippen molar-refractivity contribution in [2.45, 2.75) is 49.9 Å². The van der Waals surface area contributed by atoms with E-state index in [1.165, 1.54) is 6.33 Å². The lowest BCUT2D eigenvalue weighted by Crippen LogP contribution is -2.57. The molecule has 164 valence electrons. The van der Waals surface area contributed by atoms with E-state index in [0.29, 0.717) is 35.6 Å². The van der Waals surface area contributed by atoms with Gasteiger partial charge >= 0.3 is 0 Å². The van der Waals surface area contributed by atoms with Crippen molar-refractivity contribution in [3.63, 3.8) is 0 Å². The Balaban J connectivity index is 1.20. The largest absolute Gasteiger partial charge is 0.490 e. The van der Waals surface area contributed by atoms with Gasteiger partial charge in [0.15, 0.2) is 11.9 Å². The van der Waals surface area contributed by atoms with Crippen molar-refractivity contribution in [2.24, 2.45) is 0 Å². The van der Waals surface area contributed by atoms with Crippen molar-refractivity contribution < 1.29 is 19.7 Å². The Morgan fingerprint density at radius 1 is 1.16 bits per heavy atom. The molecule has 1 aliphatic heterocycles. The molecule has 1 aliphatic carbocycles. The topological polar surface area (TPSA) is 141 Å². The van der Waals surface area contributed by atoms with Crippen LogP contribution in [0.3, 0.4) is 0 Å². The predicted molar refractivity (Wildman–Crippen MR) is 115 cm³/mol. The zero-order chi connectivity index (χ0) is 22.0. The van der Waals surface area contributed by atoms with Crippen molar-refractivity contribution in [1.29, 1.82) is 0 Å². The number of ether oxygens (including phenoxy) is 2. The van der Waals surface area contributed by atoms with E-state index in [1.807, 2.05) is 31.2 Å². The third-order valence-electron chi connectivity index (χ3n) is 6.46. The maximum absolute atomic E-state index is 10.8. The van der Waals surface area contributed by atoms with Crippen LogP contribution in [-0.2, 0) is 4.74 Å². The summed E-state index contributed by atoms with van der Waals surface area (Å²) >= 11 is 0. The van der Waals surface area contributed by atoms with Crippen LogP contribution >= 0.6 is 0 Å². The monoisotopic (exact) mass is 434 g/mol. The fourth-order valence-corrected chi connectivity index (χ4v) is 4.73. The van der Waals surface area contributed by atoms with E-state index >= 15 is 0 Å². The van der Waals surface area contributed by atoms with E-state index in [-0.39, 0.29) is 6.10 Å². The van der Waals surface area contributed by atoms with Gasteiger partial charge in [0.25, 0.3) is 0 Å². The molecule has 1 aromatic carbocycles. The van der Waals surface area contributed by atoms with Gasteiger partial charge in [0.2, 0.25) is 0 Å². The molecular formula is C22H22N6O4. The zero-order valence-electron chi connectivity index (χ0n) is 17.3. The van der Waals surface area contributed by atoms with Gasteiger partial charge in [-0.05, 0) is 31.2 Å². The van der Waals surface area contributed by atoms with Crippen molar-refractivity contribution in [3.05, 3.63) is 48.7 Å². The highest BCUT2D eigenvalue weighted by atomic mass is 16.6. The number of fused-ring (bicyclic) bond motifs is 2. The van der Waals surface area contributed by atoms with E-state index in [1.54, 1.807) is 17.0 Å². The van der Waals surface area contributed by atoms with Gasteiger partial charge in [0.05, 0.1) is 17.5 Å². The first-order valence-electron chi connectivity index (χ1n) is 10.4. The van der Waals surface area contributed by atoms with Crippen LogP contribution in [0.5, 0.6) is 5.75 Å². The summed E-state index contributed by atoms with van der Waals surface area (Å²) in [7, 11) is 0. The number of nitrogen functional groups attached to an aromatic ring is 1. The summed E-state index contributed by atoms with van der Waals surface area (Å²) < 4.78 is 13.9. The van der Waals surface area contributed by atoms with Crippen LogP contribution in [0.15, 0.2) is 43.0 Å². The number of hydrogen-bond acceptors (Lipinski definition) is 9. The van der Waals surface area contributed by atoms with Gasteiger partial charge in [-0.1, -0.05) is 0 Å². The minimum absolute atomic E-state index is 0.154. The van der Waals surface area contributed by atoms with Crippen LogP contribution in [0.4, 0.5) is 5.82 Å². The van der Waals surface area contributed by atoms with Crippen LogP contribution in [0, 0.1) is 6.92 Å². The Morgan fingerprint density at radius 3 is 2.81 bits per heavy atom. The smallest absolute Gasteiger partial charge is 0.166 e. The lowest BCUT2D eigenvalue weighted by atomic mass is 9.73. The number of benzene rings is 1. The number of aliphatic hydroxyl groups excluding tert-OH is 2. The van der Waals surface area contributed by atoms with E-state index in [0.717, 1.165) is 16.6 Å². The van der Waals surface area contributed by atoms with Gasteiger partial charge in [-0.25, -0.2) is 19.9 Å². The van der Waals surface area contributed by atoms with Gasteiger partial charge < -0.3 is 25.4 Å². The number of imidazole rings is 1. The van der Waals surface area contributed by atoms with Crippen LogP contribution < -0.4 is 10.5 Å². The Hall–Kier alpha value is -3.34. The number of nitrogens with two attached hydrogens (primary N) is 1. The molecular weight excluding hydrogens is 412 g/mol. The first-order chi connectivity index (χ1) is 15.4. The molecule has 2 fully saturated rings. The lowest BCUT2D eigenvalue weighted by Gasteiger charge is -2.45. The minimum atomic E-state index is -1.11. The molecule has 0 bridgehead atoms. The molecule has 32 heavy (non-hydrogen) atoms. The highest BCUT2D eigenvalue weighted by molar-refractivity contribution is 5.81. The number of pyridine rings is 1. The van der Waals surface area contributed by atoms with Crippen LogP contribution in [0.1, 0.15) is 24.8 Å². The van der Waals surface area contributed by atoms with Gasteiger partial charge in [-0.15, -0.1) is 0 Å². The number of aliphatic hydroxyl groups is 2. The summed E-state index contributed by atoms with van der Waals surface area (Å²) in [5, 5.41) is 22.5. The number of aryl methyl sites for hydroxylation is 1. The molecule has 0 amide bonds. The maximum atomic E-state index is 10.8. The first kappa shape index (κ1) is 19.4. The average Bonchev–Trinajstić information content (AvgIpc) is 3.29. The van der Waals surface area contributed by atoms with E-state index in [2.05, 4.69) is 19.9 Å². The Morgan fingerprint density at radius 2 is 1.97 bits per heavy atom. The fourth-order valence-electron chi connectivity index (χ4n) is 4.73. The van der Waals surface area contributed by atoms with Crippen LogP contribution in [0.25, 0.3) is 22.1 Å². The standard InChI is InChI=1S/C22H22N6O4/c1-11-17-20(25-9-24-11)28(10-26-17)21-18(29)19(30)22(32-21)7-14(8-22)31-13-4-2-12-3-5-16(23)27-15(12)6-13/h2-6,9-10,14,18-19,21,29-30H,7-8H2,1H3,(H2,23,27)/t14?,18-,19+,21-,22?/m1/s1.